The number of guanidine groups is 1. The molecule has 1 atom stereocenters. The van der Waals surface area contributed by atoms with Gasteiger partial charge in [0, 0.05) is 30.8 Å². The Morgan fingerprint density at radius 1 is 1.09 bits per heavy atom. The quantitative estimate of drug-likeness (QED) is 0.250. The van der Waals surface area contributed by atoms with Crippen LogP contribution >= 0.6 is 24.0 Å². The van der Waals surface area contributed by atoms with Gasteiger partial charge in [0.25, 0.3) is 5.91 Å². The monoisotopic (exact) mass is 562 g/mol. The molecule has 1 saturated heterocycles. The highest BCUT2D eigenvalue weighted by Gasteiger charge is 2.38. The van der Waals surface area contributed by atoms with Gasteiger partial charge in [0.05, 0.1) is 6.54 Å². The largest absolute Gasteiger partial charge is 0.368 e. The molecule has 3 N–H and O–H groups in total. The molecule has 0 radical (unpaired) electrons. The van der Waals surface area contributed by atoms with Crippen molar-refractivity contribution < 1.29 is 9.53 Å². The number of ether oxygens (including phenoxy) is 1. The molecule has 2 aliphatic rings. The first-order chi connectivity index (χ1) is 15.7. The van der Waals surface area contributed by atoms with Crippen molar-refractivity contribution in [2.45, 2.75) is 57.1 Å². The van der Waals surface area contributed by atoms with E-state index < -0.39 is 0 Å². The maximum atomic E-state index is 12.3. The lowest BCUT2D eigenvalue weighted by atomic mass is 9.64. The van der Waals surface area contributed by atoms with Crippen LogP contribution < -0.4 is 16.0 Å². The highest BCUT2D eigenvalue weighted by molar-refractivity contribution is 14.0. The van der Waals surface area contributed by atoms with Crippen molar-refractivity contribution >= 4 is 41.5 Å². The van der Waals surface area contributed by atoms with Crippen LogP contribution in [-0.4, -0.2) is 37.7 Å². The van der Waals surface area contributed by atoms with Crippen molar-refractivity contribution in [2.75, 3.05) is 25.0 Å². The molecule has 0 bridgehead atoms. The van der Waals surface area contributed by atoms with Crippen molar-refractivity contribution in [1.82, 2.24) is 10.6 Å². The molecule has 2 fully saturated rings. The van der Waals surface area contributed by atoms with Crippen LogP contribution in [0, 0.1) is 0 Å². The average Bonchev–Trinajstić information content (AvgIpc) is 3.33. The van der Waals surface area contributed by atoms with Crippen molar-refractivity contribution in [2.24, 2.45) is 4.99 Å². The number of nitrogens with one attached hydrogen (secondary N) is 3. The van der Waals surface area contributed by atoms with Crippen LogP contribution in [-0.2, 0) is 21.5 Å². The molecule has 1 saturated carbocycles. The maximum Gasteiger partial charge on any atom is 0.253 e. The number of anilines is 1. The second-order valence-electron chi connectivity index (χ2n) is 8.74. The Morgan fingerprint density at radius 2 is 1.91 bits per heavy atom. The molecule has 1 aliphatic carbocycles. The summed E-state index contributed by atoms with van der Waals surface area (Å²) in [4.78, 5) is 17.1. The topological polar surface area (TPSA) is 74.8 Å². The third-order valence-electron chi connectivity index (χ3n) is 6.47. The average molecular weight is 562 g/mol. The molecule has 1 unspecified atom stereocenters. The molecule has 7 heteroatoms. The number of aliphatic imine (C=N–C) groups is 1. The highest BCUT2D eigenvalue weighted by atomic mass is 127. The standard InChI is InChI=1S/C26H34N4O2.HI/c1-2-27-25(29-19-26(14-8-15-26)21-10-4-3-5-11-21)28-18-20-9-6-12-22(17-20)30-24(31)23-13-7-16-32-23;/h3-6,9-12,17,23H,2,7-8,13-16,18-19H2,1H3,(H,30,31)(H2,27,28,29);1H. The Hall–Kier alpha value is -2.13. The van der Waals surface area contributed by atoms with Crippen LogP contribution in [0.3, 0.4) is 0 Å². The lowest BCUT2D eigenvalue weighted by Gasteiger charge is -2.43. The zero-order valence-electron chi connectivity index (χ0n) is 19.3. The minimum Gasteiger partial charge on any atom is -0.368 e. The van der Waals surface area contributed by atoms with E-state index >= 15 is 0 Å². The number of benzene rings is 2. The first-order valence-electron chi connectivity index (χ1n) is 11.8. The summed E-state index contributed by atoms with van der Waals surface area (Å²) >= 11 is 0. The van der Waals surface area contributed by atoms with Gasteiger partial charge in [-0.05, 0) is 55.9 Å². The van der Waals surface area contributed by atoms with Gasteiger partial charge in [-0.25, -0.2) is 4.99 Å². The van der Waals surface area contributed by atoms with Crippen molar-refractivity contribution in [1.29, 1.82) is 0 Å². The summed E-state index contributed by atoms with van der Waals surface area (Å²) in [6.07, 6.45) is 5.08. The molecule has 2 aromatic rings. The Balaban J connectivity index is 0.00000306. The van der Waals surface area contributed by atoms with E-state index in [0.717, 1.165) is 43.1 Å². The second-order valence-corrected chi connectivity index (χ2v) is 8.74. The lowest BCUT2D eigenvalue weighted by Crippen LogP contribution is -2.48. The van der Waals surface area contributed by atoms with Gasteiger partial charge in [-0.15, -0.1) is 24.0 Å². The van der Waals surface area contributed by atoms with E-state index in [9.17, 15) is 4.79 Å². The zero-order chi connectivity index (χ0) is 22.2. The molecular weight excluding hydrogens is 527 g/mol. The van der Waals surface area contributed by atoms with Gasteiger partial charge in [0.1, 0.15) is 6.10 Å². The Bertz CT molecular complexity index is 925. The van der Waals surface area contributed by atoms with Gasteiger partial charge >= 0.3 is 0 Å². The number of carbonyl (C=O) groups is 1. The SMILES string of the molecule is CCNC(=NCc1cccc(NC(=O)C2CCCO2)c1)NCC1(c2ccccc2)CCC1.I. The van der Waals surface area contributed by atoms with Gasteiger partial charge in [0.2, 0.25) is 0 Å². The third kappa shape index (κ3) is 6.69. The molecule has 178 valence electrons. The summed E-state index contributed by atoms with van der Waals surface area (Å²) in [5.41, 5.74) is 3.44. The van der Waals surface area contributed by atoms with Crippen LogP contribution in [0.15, 0.2) is 59.6 Å². The van der Waals surface area contributed by atoms with Crippen molar-refractivity contribution in [3.63, 3.8) is 0 Å². The van der Waals surface area contributed by atoms with Crippen LogP contribution in [0.5, 0.6) is 0 Å². The minimum atomic E-state index is -0.329. The molecule has 6 nitrogen and oxygen atoms in total. The van der Waals surface area contributed by atoms with Crippen molar-refractivity contribution in [3.05, 3.63) is 65.7 Å². The van der Waals surface area contributed by atoms with E-state index in [4.69, 9.17) is 9.73 Å². The van der Waals surface area contributed by atoms with Crippen LogP contribution in [0.1, 0.15) is 50.2 Å². The molecule has 33 heavy (non-hydrogen) atoms. The van der Waals surface area contributed by atoms with Gasteiger partial charge in [-0.3, -0.25) is 4.79 Å². The summed E-state index contributed by atoms with van der Waals surface area (Å²) in [5.74, 6) is 0.758. The fourth-order valence-corrected chi connectivity index (χ4v) is 4.48. The highest BCUT2D eigenvalue weighted by Crippen LogP contribution is 2.43. The maximum absolute atomic E-state index is 12.3. The van der Waals surface area contributed by atoms with E-state index in [1.165, 1.54) is 24.8 Å². The zero-order valence-corrected chi connectivity index (χ0v) is 21.6. The number of halogens is 1. The minimum absolute atomic E-state index is 0. The van der Waals surface area contributed by atoms with Gasteiger partial charge < -0.3 is 20.7 Å². The molecule has 4 rings (SSSR count). The third-order valence-corrected chi connectivity index (χ3v) is 6.47. The number of nitrogens with zero attached hydrogens (tertiary/aromatic N) is 1. The molecule has 1 aliphatic heterocycles. The van der Waals surface area contributed by atoms with Crippen LogP contribution in [0.25, 0.3) is 0 Å². The first-order valence-corrected chi connectivity index (χ1v) is 11.8. The molecule has 0 aromatic heterocycles. The number of hydrogen-bond donors (Lipinski definition) is 3. The van der Waals surface area contributed by atoms with Crippen LogP contribution in [0.4, 0.5) is 5.69 Å². The Labute approximate surface area is 214 Å². The molecule has 2 aromatic carbocycles. The fourth-order valence-electron chi connectivity index (χ4n) is 4.48. The van der Waals surface area contributed by atoms with E-state index in [1.54, 1.807) is 0 Å². The number of carbonyl (C=O) groups excluding carboxylic acids is 1. The van der Waals surface area contributed by atoms with Crippen molar-refractivity contribution in [3.8, 4) is 0 Å². The summed E-state index contributed by atoms with van der Waals surface area (Å²) in [5, 5.41) is 9.90. The van der Waals surface area contributed by atoms with Crippen LogP contribution in [0.2, 0.25) is 0 Å². The van der Waals surface area contributed by atoms with Gasteiger partial charge in [0.15, 0.2) is 5.96 Å². The fraction of sp³-hybridized carbons (Fsp3) is 0.462. The summed E-state index contributed by atoms with van der Waals surface area (Å²) in [6, 6.07) is 18.7. The molecule has 1 heterocycles. The number of rotatable bonds is 8. The number of hydrogen-bond acceptors (Lipinski definition) is 3. The lowest BCUT2D eigenvalue weighted by molar-refractivity contribution is -0.124. The predicted octanol–water partition coefficient (Wildman–Crippen LogP) is 4.60. The Kier molecular flexibility index (Phi) is 9.55. The first kappa shape index (κ1) is 25.5. The van der Waals surface area contributed by atoms with Gasteiger partial charge in [-0.1, -0.05) is 48.9 Å². The summed E-state index contributed by atoms with van der Waals surface area (Å²) < 4.78 is 5.47. The predicted molar refractivity (Wildman–Crippen MR) is 144 cm³/mol. The summed E-state index contributed by atoms with van der Waals surface area (Å²) in [7, 11) is 0. The van der Waals surface area contributed by atoms with Gasteiger partial charge in [-0.2, -0.15) is 0 Å². The number of amides is 1. The van der Waals surface area contributed by atoms with E-state index in [0.29, 0.717) is 13.2 Å². The second kappa shape index (κ2) is 12.4. The molecular formula is C26H35IN4O2. The van der Waals surface area contributed by atoms with E-state index in [2.05, 4.69) is 53.2 Å². The smallest absolute Gasteiger partial charge is 0.253 e. The normalized spacial score (nSPS) is 19.2. The molecule has 1 amide bonds. The van der Waals surface area contributed by atoms with E-state index in [1.807, 2.05) is 24.3 Å². The van der Waals surface area contributed by atoms with E-state index in [-0.39, 0.29) is 41.4 Å². The summed E-state index contributed by atoms with van der Waals surface area (Å²) in [6.45, 7) is 4.96. The molecule has 0 spiro atoms. The Morgan fingerprint density at radius 3 is 2.58 bits per heavy atom.